The summed E-state index contributed by atoms with van der Waals surface area (Å²) in [6.45, 7) is 7.51. The first-order chi connectivity index (χ1) is 19.3. The second-order valence-electron chi connectivity index (χ2n) is 11.3. The number of aliphatic imine (C=N–C) groups is 1. The summed E-state index contributed by atoms with van der Waals surface area (Å²) < 4.78 is 28.0. The Labute approximate surface area is 235 Å². The van der Waals surface area contributed by atoms with E-state index in [-0.39, 0.29) is 12.2 Å². The van der Waals surface area contributed by atoms with Crippen LogP contribution in [0.5, 0.6) is 0 Å². The second-order valence-corrected chi connectivity index (χ2v) is 11.3. The summed E-state index contributed by atoms with van der Waals surface area (Å²) in [6.07, 6.45) is 16.7. The molecular weight excluding hydrogens is 508 g/mol. The molecule has 2 aliphatic carbocycles. The molecule has 2 saturated carbocycles. The van der Waals surface area contributed by atoms with Crippen LogP contribution in [-0.4, -0.2) is 53.3 Å². The van der Waals surface area contributed by atoms with Gasteiger partial charge in [-0.15, -0.1) is 0 Å². The van der Waals surface area contributed by atoms with Gasteiger partial charge in [0, 0.05) is 54.9 Å². The number of fused-ring (bicyclic) bond motifs is 1. The molecule has 4 heterocycles. The van der Waals surface area contributed by atoms with Crippen LogP contribution in [0.15, 0.2) is 47.0 Å². The molecule has 3 fully saturated rings. The van der Waals surface area contributed by atoms with Crippen LogP contribution in [0.3, 0.4) is 0 Å². The van der Waals surface area contributed by atoms with Crippen LogP contribution < -0.4 is 16.0 Å². The zero-order valence-electron chi connectivity index (χ0n) is 24.1. The van der Waals surface area contributed by atoms with E-state index >= 15 is 0 Å². The molecule has 2 aromatic rings. The van der Waals surface area contributed by atoms with Crippen LogP contribution >= 0.6 is 0 Å². The number of hydrogen-bond acceptors (Lipinski definition) is 7. The Hall–Kier alpha value is -3.20. The number of anilines is 1. The van der Waals surface area contributed by atoms with Crippen LogP contribution in [0.4, 0.5) is 14.6 Å². The second kappa shape index (κ2) is 11.4. The molecular formula is C31H41F2N7. The van der Waals surface area contributed by atoms with E-state index in [1.54, 1.807) is 25.3 Å². The van der Waals surface area contributed by atoms with Gasteiger partial charge in [-0.25, -0.2) is 23.7 Å². The van der Waals surface area contributed by atoms with Crippen molar-refractivity contribution in [2.45, 2.75) is 83.6 Å². The highest BCUT2D eigenvalue weighted by Crippen LogP contribution is 2.61. The summed E-state index contributed by atoms with van der Waals surface area (Å²) in [4.78, 5) is 21.4. The van der Waals surface area contributed by atoms with Gasteiger partial charge in [0.05, 0.1) is 17.1 Å². The number of hydrogen-bond donors (Lipinski definition) is 2. The van der Waals surface area contributed by atoms with Gasteiger partial charge in [-0.2, -0.15) is 0 Å². The number of piperidine rings is 1. The number of rotatable bonds is 6. The van der Waals surface area contributed by atoms with Crippen molar-refractivity contribution in [1.29, 1.82) is 0 Å². The lowest BCUT2D eigenvalue weighted by Crippen LogP contribution is -2.41. The van der Waals surface area contributed by atoms with Gasteiger partial charge in [0.2, 0.25) is 0 Å². The monoisotopic (exact) mass is 549 g/mol. The lowest BCUT2D eigenvalue weighted by atomic mass is 9.79. The van der Waals surface area contributed by atoms with Crippen LogP contribution in [0, 0.1) is 5.41 Å². The Morgan fingerprint density at radius 3 is 2.48 bits per heavy atom. The number of nitrogens with two attached hydrogens (primary N) is 1. The fourth-order valence-electron chi connectivity index (χ4n) is 5.75. The summed E-state index contributed by atoms with van der Waals surface area (Å²) in [5, 5.41) is 4.52. The number of alkyl halides is 2. The predicted octanol–water partition coefficient (Wildman–Crippen LogP) is 6.14. The van der Waals surface area contributed by atoms with Crippen LogP contribution in [0.1, 0.15) is 83.0 Å². The van der Waals surface area contributed by atoms with Crippen molar-refractivity contribution >= 4 is 28.5 Å². The average Bonchev–Trinajstić information content (AvgIpc) is 3.52. The summed E-state index contributed by atoms with van der Waals surface area (Å²) in [7, 11) is 2.12. The minimum absolute atomic E-state index is 0.167. The number of aromatic nitrogens is 3. The van der Waals surface area contributed by atoms with Crippen LogP contribution in [0.25, 0.3) is 16.5 Å². The highest BCUT2D eigenvalue weighted by molar-refractivity contribution is 5.95. The molecule has 2 aromatic heterocycles. The molecule has 1 unspecified atom stereocenters. The van der Waals surface area contributed by atoms with E-state index in [0.717, 1.165) is 55.5 Å². The lowest BCUT2D eigenvalue weighted by Gasteiger charge is -2.34. The predicted molar refractivity (Wildman–Crippen MR) is 159 cm³/mol. The Balaban J connectivity index is 0.00000158. The summed E-state index contributed by atoms with van der Waals surface area (Å²) in [5.74, 6) is -0.543. The molecule has 40 heavy (non-hydrogen) atoms. The highest BCUT2D eigenvalue weighted by atomic mass is 19.3. The zero-order valence-corrected chi connectivity index (χ0v) is 24.1. The SMILES string of the molecule is CC.CN(c1nc(C2=CCC=NC(N)=C2/C=C/C2(C)CC2(F)F)nc2cncc(C3CCC3)c12)C1CCNCC1. The average molecular weight is 550 g/mol. The van der Waals surface area contributed by atoms with Gasteiger partial charge in [-0.3, -0.25) is 4.98 Å². The number of pyridine rings is 1. The van der Waals surface area contributed by atoms with Crippen molar-refractivity contribution < 1.29 is 8.78 Å². The molecule has 4 aliphatic rings. The molecule has 214 valence electrons. The summed E-state index contributed by atoms with van der Waals surface area (Å²) in [5.41, 5.74) is 8.47. The number of allylic oxidation sites excluding steroid dienone is 5. The van der Waals surface area contributed by atoms with Crippen molar-refractivity contribution in [2.24, 2.45) is 16.1 Å². The van der Waals surface area contributed by atoms with E-state index < -0.39 is 11.3 Å². The molecule has 1 saturated heterocycles. The Morgan fingerprint density at radius 1 is 1.10 bits per heavy atom. The molecule has 1 atom stereocenters. The van der Waals surface area contributed by atoms with Gasteiger partial charge in [-0.05, 0) is 50.3 Å². The van der Waals surface area contributed by atoms with Gasteiger partial charge in [0.15, 0.2) is 5.82 Å². The number of nitrogens with one attached hydrogen (secondary N) is 1. The molecule has 0 spiro atoms. The van der Waals surface area contributed by atoms with Gasteiger partial charge in [0.25, 0.3) is 5.92 Å². The maximum atomic E-state index is 14.0. The third-order valence-corrected chi connectivity index (χ3v) is 8.73. The number of halogens is 2. The lowest BCUT2D eigenvalue weighted by molar-refractivity contribution is 0.0845. The van der Waals surface area contributed by atoms with E-state index in [0.29, 0.717) is 35.4 Å². The van der Waals surface area contributed by atoms with Gasteiger partial charge in [0.1, 0.15) is 11.6 Å². The van der Waals surface area contributed by atoms with Crippen molar-refractivity contribution in [2.75, 3.05) is 25.0 Å². The van der Waals surface area contributed by atoms with Gasteiger partial charge < -0.3 is 16.0 Å². The number of nitrogens with zero attached hydrogens (tertiary/aromatic N) is 5. The molecule has 0 aromatic carbocycles. The maximum absolute atomic E-state index is 14.0. The smallest absolute Gasteiger partial charge is 0.258 e. The third kappa shape index (κ3) is 5.28. The first-order valence-electron chi connectivity index (χ1n) is 14.7. The summed E-state index contributed by atoms with van der Waals surface area (Å²) >= 11 is 0. The molecule has 0 radical (unpaired) electrons. The molecule has 7 nitrogen and oxygen atoms in total. The minimum Gasteiger partial charge on any atom is -0.383 e. The molecule has 9 heteroatoms. The molecule has 3 N–H and O–H groups in total. The first-order valence-corrected chi connectivity index (χ1v) is 14.7. The highest BCUT2D eigenvalue weighted by Gasteiger charge is 2.66. The summed E-state index contributed by atoms with van der Waals surface area (Å²) in [6, 6.07) is 0.355. The largest absolute Gasteiger partial charge is 0.383 e. The Kier molecular flexibility index (Phi) is 8.04. The molecule has 0 amide bonds. The Morgan fingerprint density at radius 2 is 1.82 bits per heavy atom. The molecule has 6 rings (SSSR count). The van der Waals surface area contributed by atoms with Crippen LogP contribution in [0.2, 0.25) is 0 Å². The van der Waals surface area contributed by atoms with Gasteiger partial charge >= 0.3 is 0 Å². The zero-order chi connectivity index (χ0) is 28.5. The van der Waals surface area contributed by atoms with Crippen molar-refractivity contribution in [3.8, 4) is 0 Å². The topological polar surface area (TPSA) is 92.3 Å². The quantitative estimate of drug-likeness (QED) is 0.450. The van der Waals surface area contributed by atoms with E-state index in [1.165, 1.54) is 12.0 Å². The molecule has 0 bridgehead atoms. The maximum Gasteiger partial charge on any atom is 0.258 e. The van der Waals surface area contributed by atoms with Crippen molar-refractivity contribution in [3.05, 3.63) is 53.4 Å². The van der Waals surface area contributed by atoms with Crippen molar-refractivity contribution in [1.82, 2.24) is 20.3 Å². The van der Waals surface area contributed by atoms with E-state index in [1.807, 2.05) is 32.3 Å². The fraction of sp³-hybridized carbons (Fsp3) is 0.548. The van der Waals surface area contributed by atoms with Crippen LogP contribution in [-0.2, 0) is 0 Å². The Bertz CT molecular complexity index is 1370. The first kappa shape index (κ1) is 28.3. The van der Waals surface area contributed by atoms with E-state index in [4.69, 9.17) is 15.7 Å². The minimum atomic E-state index is -2.70. The normalized spacial score (nSPS) is 24.8. The van der Waals surface area contributed by atoms with E-state index in [9.17, 15) is 8.78 Å². The fourth-order valence-corrected chi connectivity index (χ4v) is 5.75. The van der Waals surface area contributed by atoms with Gasteiger partial charge in [-0.1, -0.05) is 45.4 Å². The third-order valence-electron chi connectivity index (χ3n) is 8.73. The van der Waals surface area contributed by atoms with Crippen molar-refractivity contribution in [3.63, 3.8) is 0 Å². The molecule has 2 aliphatic heterocycles. The standard InChI is InChI=1S/C29H35F2N7.C2H6/c1-28(17-29(28,30)31)11-8-20-21(7-4-12-35-25(20)32)26-36-23-16-34-15-22(18-5-3-6-18)24(23)27(37-26)38(2)19-9-13-33-14-10-19;1-2/h7-8,11-12,15-16,18-19,33H,3-6,9-10,13-14,17,32H2,1-2H3;1-2H3/b11-8+;. The van der Waals surface area contributed by atoms with E-state index in [2.05, 4.69) is 27.2 Å².